The van der Waals surface area contributed by atoms with Crippen LogP contribution in [0.1, 0.15) is 25.0 Å². The van der Waals surface area contributed by atoms with Gasteiger partial charge in [0.05, 0.1) is 18.0 Å². The number of anilines is 1. The third-order valence-corrected chi connectivity index (χ3v) is 5.87. The number of halogens is 1. The summed E-state index contributed by atoms with van der Waals surface area (Å²) in [5, 5.41) is 3.21. The van der Waals surface area contributed by atoms with Gasteiger partial charge in [0.25, 0.3) is 0 Å². The highest BCUT2D eigenvalue weighted by Gasteiger charge is 2.30. The van der Waals surface area contributed by atoms with Gasteiger partial charge < -0.3 is 10.1 Å². The molecule has 1 N–H and O–H groups in total. The molecule has 0 heterocycles. The Morgan fingerprint density at radius 1 is 1.14 bits per heavy atom. The maximum Gasteiger partial charge on any atom is 0.243 e. The lowest BCUT2D eigenvalue weighted by atomic mass is 10.1. The van der Waals surface area contributed by atoms with E-state index in [2.05, 4.69) is 5.32 Å². The first kappa shape index (κ1) is 23.0. The number of nitrogens with zero attached hydrogens (tertiary/aromatic N) is 1. The smallest absolute Gasteiger partial charge is 0.243 e. The fourth-order valence-corrected chi connectivity index (χ4v) is 4.25. The molecule has 0 aliphatic carbocycles. The third kappa shape index (κ3) is 6.37. The van der Waals surface area contributed by atoms with Crippen molar-refractivity contribution in [1.29, 1.82) is 0 Å². The first-order chi connectivity index (χ1) is 13.5. The van der Waals surface area contributed by atoms with E-state index in [-0.39, 0.29) is 12.6 Å². The van der Waals surface area contributed by atoms with Gasteiger partial charge in [-0.3, -0.25) is 9.10 Å². The lowest BCUT2D eigenvalue weighted by Crippen LogP contribution is -2.51. The molecule has 2 aromatic carbocycles. The summed E-state index contributed by atoms with van der Waals surface area (Å²) < 4.78 is 31.7. The Kier molecular flexibility index (Phi) is 7.54. The van der Waals surface area contributed by atoms with E-state index in [4.69, 9.17) is 16.3 Å². The number of hydrogen-bond acceptors (Lipinski definition) is 4. The highest BCUT2D eigenvalue weighted by Crippen LogP contribution is 2.28. The molecule has 0 bridgehead atoms. The number of sulfonamides is 1. The molecule has 0 aliphatic heterocycles. The number of rotatable bonds is 8. The Morgan fingerprint density at radius 3 is 2.34 bits per heavy atom. The SMILES string of the molecule is Cc1ccc(OC[C@H](C)NC(=O)[C@H](C)N(c2cc(Cl)ccc2C)S(C)(=O)=O)cc1. The van der Waals surface area contributed by atoms with Gasteiger partial charge in [-0.25, -0.2) is 8.42 Å². The lowest BCUT2D eigenvalue weighted by Gasteiger charge is -2.30. The molecule has 2 rings (SSSR count). The number of nitrogens with one attached hydrogen (secondary N) is 1. The summed E-state index contributed by atoms with van der Waals surface area (Å²) in [6, 6.07) is 11.3. The Morgan fingerprint density at radius 2 is 1.76 bits per heavy atom. The Bertz CT molecular complexity index is 961. The average molecular weight is 439 g/mol. The van der Waals surface area contributed by atoms with Crippen molar-refractivity contribution in [3.8, 4) is 5.75 Å². The first-order valence-corrected chi connectivity index (χ1v) is 11.5. The van der Waals surface area contributed by atoms with Crippen molar-refractivity contribution in [2.24, 2.45) is 0 Å². The second-order valence-electron chi connectivity index (χ2n) is 7.20. The second-order valence-corrected chi connectivity index (χ2v) is 9.50. The van der Waals surface area contributed by atoms with Crippen molar-refractivity contribution in [3.63, 3.8) is 0 Å². The fourth-order valence-electron chi connectivity index (χ4n) is 2.86. The van der Waals surface area contributed by atoms with Gasteiger partial charge >= 0.3 is 0 Å². The van der Waals surface area contributed by atoms with E-state index in [1.165, 1.54) is 0 Å². The minimum Gasteiger partial charge on any atom is -0.491 e. The minimum atomic E-state index is -3.71. The topological polar surface area (TPSA) is 75.7 Å². The van der Waals surface area contributed by atoms with Crippen molar-refractivity contribution < 1.29 is 17.9 Å². The summed E-state index contributed by atoms with van der Waals surface area (Å²) in [5.74, 6) is 0.284. The van der Waals surface area contributed by atoms with Gasteiger partial charge in [-0.2, -0.15) is 0 Å². The summed E-state index contributed by atoms with van der Waals surface area (Å²) in [4.78, 5) is 12.8. The molecule has 1 amide bonds. The Labute approximate surface area is 177 Å². The van der Waals surface area contributed by atoms with E-state index < -0.39 is 22.0 Å². The molecule has 0 saturated carbocycles. The molecule has 8 heteroatoms. The molecule has 2 aromatic rings. The van der Waals surface area contributed by atoms with Crippen LogP contribution in [0.2, 0.25) is 5.02 Å². The average Bonchev–Trinajstić information content (AvgIpc) is 2.63. The van der Waals surface area contributed by atoms with Crippen molar-refractivity contribution in [3.05, 3.63) is 58.6 Å². The van der Waals surface area contributed by atoms with Gasteiger partial charge in [0, 0.05) is 5.02 Å². The van der Waals surface area contributed by atoms with Crippen LogP contribution >= 0.6 is 11.6 Å². The molecule has 29 heavy (non-hydrogen) atoms. The predicted molar refractivity (Wildman–Crippen MR) is 117 cm³/mol. The summed E-state index contributed by atoms with van der Waals surface area (Å²) in [6.07, 6.45) is 1.07. The number of carbonyl (C=O) groups excluding carboxylic acids is 1. The minimum absolute atomic E-state index is 0.261. The zero-order valence-corrected chi connectivity index (χ0v) is 18.8. The van der Waals surface area contributed by atoms with Crippen LogP contribution in [-0.4, -0.2) is 39.3 Å². The number of hydrogen-bond donors (Lipinski definition) is 1. The van der Waals surface area contributed by atoms with Crippen molar-refractivity contribution in [1.82, 2.24) is 5.32 Å². The van der Waals surface area contributed by atoms with Crippen LogP contribution in [-0.2, 0) is 14.8 Å². The molecule has 0 radical (unpaired) electrons. The van der Waals surface area contributed by atoms with E-state index in [1.807, 2.05) is 31.2 Å². The number of amides is 1. The molecule has 0 unspecified atom stereocenters. The predicted octanol–water partition coefficient (Wildman–Crippen LogP) is 3.70. The van der Waals surface area contributed by atoms with Crippen LogP contribution in [0.5, 0.6) is 5.75 Å². The first-order valence-electron chi connectivity index (χ1n) is 9.24. The van der Waals surface area contributed by atoms with Crippen molar-refractivity contribution in [2.45, 2.75) is 39.8 Å². The van der Waals surface area contributed by atoms with Crippen molar-refractivity contribution >= 4 is 33.2 Å². The van der Waals surface area contributed by atoms with Gasteiger partial charge in [0.1, 0.15) is 18.4 Å². The van der Waals surface area contributed by atoms with Crippen LogP contribution in [0.15, 0.2) is 42.5 Å². The summed E-state index contributed by atoms with van der Waals surface area (Å²) >= 11 is 6.05. The molecule has 2 atom stereocenters. The van der Waals surface area contributed by atoms with Gasteiger partial charge in [-0.05, 0) is 57.5 Å². The zero-order chi connectivity index (χ0) is 21.8. The maximum atomic E-state index is 12.8. The van der Waals surface area contributed by atoms with Gasteiger partial charge in [-0.15, -0.1) is 0 Å². The maximum absolute atomic E-state index is 12.8. The Hall–Kier alpha value is -2.25. The van der Waals surface area contributed by atoms with Gasteiger partial charge in [0.15, 0.2) is 0 Å². The van der Waals surface area contributed by atoms with Gasteiger partial charge in [-0.1, -0.05) is 35.4 Å². The lowest BCUT2D eigenvalue weighted by molar-refractivity contribution is -0.122. The van der Waals surface area contributed by atoms with E-state index in [0.29, 0.717) is 22.0 Å². The van der Waals surface area contributed by atoms with Crippen LogP contribution in [0.3, 0.4) is 0 Å². The number of ether oxygens (including phenoxy) is 1. The van der Waals surface area contributed by atoms with E-state index in [1.54, 1.807) is 39.0 Å². The summed E-state index contributed by atoms with van der Waals surface area (Å²) in [6.45, 7) is 7.37. The second kappa shape index (κ2) is 9.50. The quantitative estimate of drug-likeness (QED) is 0.681. The van der Waals surface area contributed by atoms with E-state index in [9.17, 15) is 13.2 Å². The number of carbonyl (C=O) groups is 1. The zero-order valence-electron chi connectivity index (χ0n) is 17.3. The van der Waals surface area contributed by atoms with Crippen LogP contribution in [0, 0.1) is 13.8 Å². The number of benzene rings is 2. The molecule has 0 fully saturated rings. The van der Waals surface area contributed by atoms with Crippen molar-refractivity contribution in [2.75, 3.05) is 17.2 Å². The summed E-state index contributed by atoms with van der Waals surface area (Å²) in [5.41, 5.74) is 2.21. The highest BCUT2D eigenvalue weighted by atomic mass is 35.5. The fraction of sp³-hybridized carbons (Fsp3) is 0.381. The summed E-state index contributed by atoms with van der Waals surface area (Å²) in [7, 11) is -3.71. The molecular weight excluding hydrogens is 412 g/mol. The normalized spacial score (nSPS) is 13.4. The van der Waals surface area contributed by atoms with Crippen LogP contribution in [0.4, 0.5) is 5.69 Å². The highest BCUT2D eigenvalue weighted by molar-refractivity contribution is 7.92. The molecule has 158 valence electrons. The monoisotopic (exact) mass is 438 g/mol. The van der Waals surface area contributed by atoms with Crippen LogP contribution < -0.4 is 14.4 Å². The molecule has 0 aliphatic rings. The van der Waals surface area contributed by atoms with Gasteiger partial charge in [0.2, 0.25) is 15.9 Å². The molecule has 0 spiro atoms. The van der Waals surface area contributed by atoms with E-state index in [0.717, 1.165) is 16.1 Å². The standard InChI is InChI=1S/C21H27ClN2O4S/c1-14-6-10-19(11-7-14)28-13-16(3)23-21(25)17(4)24(29(5,26)27)20-12-18(22)9-8-15(20)2/h6-12,16-17H,13H2,1-5H3,(H,23,25)/t16-,17-/m0/s1. The third-order valence-electron chi connectivity index (χ3n) is 4.41. The molecular formula is C21H27ClN2O4S. The number of aryl methyl sites for hydroxylation is 2. The molecule has 6 nitrogen and oxygen atoms in total. The van der Waals surface area contributed by atoms with Crippen LogP contribution in [0.25, 0.3) is 0 Å². The van der Waals surface area contributed by atoms with E-state index >= 15 is 0 Å². The molecule has 0 saturated heterocycles. The Balaban J connectivity index is 2.10. The largest absolute Gasteiger partial charge is 0.491 e. The molecule has 0 aromatic heterocycles.